The number of carbonyl (C=O) groups excluding carboxylic acids is 1. The van der Waals surface area contributed by atoms with Crippen LogP contribution < -0.4 is 0 Å². The first kappa shape index (κ1) is 8.97. The number of nitrogens with zero attached hydrogens (tertiary/aromatic N) is 2. The Hall–Kier alpha value is -1.12. The van der Waals surface area contributed by atoms with Crippen molar-refractivity contribution in [2.45, 2.75) is 26.7 Å². The van der Waals surface area contributed by atoms with Crippen molar-refractivity contribution in [1.82, 2.24) is 9.78 Å². The highest BCUT2D eigenvalue weighted by atomic mass is 16.1. The second-order valence-electron chi connectivity index (χ2n) is 3.28. The molecule has 1 aromatic heterocycles. The number of Topliss-reactive ketones (excluding diaryl/α,β-unsaturated/α-hetero) is 1. The Morgan fingerprint density at radius 1 is 1.58 bits per heavy atom. The van der Waals surface area contributed by atoms with E-state index in [0.29, 0.717) is 5.92 Å². The maximum absolute atomic E-state index is 11.1. The number of carbonyl (C=O) groups is 1. The maximum Gasteiger partial charge on any atom is 0.163 e. The van der Waals surface area contributed by atoms with Gasteiger partial charge in [-0.15, -0.1) is 0 Å². The van der Waals surface area contributed by atoms with E-state index in [1.807, 2.05) is 7.05 Å². The zero-order valence-electron chi connectivity index (χ0n) is 7.96. The molecule has 0 unspecified atom stereocenters. The van der Waals surface area contributed by atoms with Gasteiger partial charge in [-0.3, -0.25) is 9.48 Å². The number of hydrogen-bond acceptors (Lipinski definition) is 2. The average Bonchev–Trinajstić information content (AvgIpc) is 2.30. The van der Waals surface area contributed by atoms with Crippen molar-refractivity contribution < 1.29 is 4.79 Å². The molecule has 1 heterocycles. The minimum Gasteiger partial charge on any atom is -0.294 e. The van der Waals surface area contributed by atoms with Crippen LogP contribution in [0.2, 0.25) is 0 Å². The molecule has 0 saturated heterocycles. The van der Waals surface area contributed by atoms with Crippen LogP contribution >= 0.6 is 0 Å². The van der Waals surface area contributed by atoms with Gasteiger partial charge in [-0.05, 0) is 12.8 Å². The molecule has 66 valence electrons. The number of aromatic nitrogens is 2. The molecule has 3 nitrogen and oxygen atoms in total. The largest absolute Gasteiger partial charge is 0.294 e. The summed E-state index contributed by atoms with van der Waals surface area (Å²) in [6, 6.07) is 0. The van der Waals surface area contributed by atoms with Crippen LogP contribution in [0.15, 0.2) is 6.20 Å². The van der Waals surface area contributed by atoms with Crippen molar-refractivity contribution in [3.8, 4) is 0 Å². The predicted octanol–water partition coefficient (Wildman–Crippen LogP) is 1.75. The van der Waals surface area contributed by atoms with Crippen molar-refractivity contribution in [3.05, 3.63) is 17.5 Å². The molecule has 0 spiro atoms. The molecule has 0 bridgehead atoms. The first-order chi connectivity index (χ1) is 5.54. The van der Waals surface area contributed by atoms with Crippen molar-refractivity contribution in [2.75, 3.05) is 0 Å². The van der Waals surface area contributed by atoms with Crippen LogP contribution in [-0.2, 0) is 7.05 Å². The lowest BCUT2D eigenvalue weighted by molar-refractivity contribution is 0.101. The van der Waals surface area contributed by atoms with Crippen LogP contribution in [0.5, 0.6) is 0 Å². The average molecular weight is 166 g/mol. The molecule has 0 radical (unpaired) electrons. The van der Waals surface area contributed by atoms with Gasteiger partial charge in [0.25, 0.3) is 0 Å². The van der Waals surface area contributed by atoms with Crippen LogP contribution in [-0.4, -0.2) is 15.6 Å². The van der Waals surface area contributed by atoms with Crippen molar-refractivity contribution >= 4 is 5.78 Å². The van der Waals surface area contributed by atoms with E-state index in [2.05, 4.69) is 18.9 Å². The lowest BCUT2D eigenvalue weighted by Crippen LogP contribution is -2.04. The van der Waals surface area contributed by atoms with Gasteiger partial charge in [-0.1, -0.05) is 13.8 Å². The van der Waals surface area contributed by atoms with Crippen molar-refractivity contribution in [2.24, 2.45) is 7.05 Å². The highest BCUT2D eigenvalue weighted by molar-refractivity contribution is 5.95. The summed E-state index contributed by atoms with van der Waals surface area (Å²) < 4.78 is 1.77. The Kier molecular flexibility index (Phi) is 2.31. The molecular formula is C9H14N2O. The van der Waals surface area contributed by atoms with Gasteiger partial charge in [0.15, 0.2) is 5.78 Å². The second kappa shape index (κ2) is 3.09. The van der Waals surface area contributed by atoms with E-state index in [9.17, 15) is 4.79 Å². The summed E-state index contributed by atoms with van der Waals surface area (Å²) in [7, 11) is 1.86. The topological polar surface area (TPSA) is 34.9 Å². The van der Waals surface area contributed by atoms with E-state index in [-0.39, 0.29) is 5.78 Å². The third-order valence-corrected chi connectivity index (χ3v) is 1.91. The van der Waals surface area contributed by atoms with Crippen LogP contribution in [0.3, 0.4) is 0 Å². The summed E-state index contributed by atoms with van der Waals surface area (Å²) >= 11 is 0. The van der Waals surface area contributed by atoms with E-state index in [1.54, 1.807) is 17.8 Å². The zero-order valence-corrected chi connectivity index (χ0v) is 7.96. The van der Waals surface area contributed by atoms with Gasteiger partial charge in [0.05, 0.1) is 17.5 Å². The van der Waals surface area contributed by atoms with Crippen molar-refractivity contribution in [3.63, 3.8) is 0 Å². The first-order valence-electron chi connectivity index (χ1n) is 4.07. The second-order valence-corrected chi connectivity index (χ2v) is 3.28. The summed E-state index contributed by atoms with van der Waals surface area (Å²) in [5, 5.41) is 4.05. The van der Waals surface area contributed by atoms with E-state index >= 15 is 0 Å². The molecule has 0 aromatic carbocycles. The minimum absolute atomic E-state index is 0.0896. The summed E-state index contributed by atoms with van der Waals surface area (Å²) in [5.74, 6) is 0.434. The van der Waals surface area contributed by atoms with E-state index < -0.39 is 0 Å². The molecule has 0 atom stereocenters. The summed E-state index contributed by atoms with van der Waals surface area (Å²) in [5.41, 5.74) is 1.76. The molecule has 0 saturated carbocycles. The number of ketones is 1. The molecule has 1 rings (SSSR count). The molecule has 0 N–H and O–H groups in total. The normalized spacial score (nSPS) is 10.8. The lowest BCUT2D eigenvalue weighted by Gasteiger charge is -2.06. The zero-order chi connectivity index (χ0) is 9.30. The molecule has 3 heteroatoms. The molecule has 1 aromatic rings. The van der Waals surface area contributed by atoms with Gasteiger partial charge < -0.3 is 0 Å². The molecule has 0 aliphatic rings. The van der Waals surface area contributed by atoms with E-state index in [4.69, 9.17) is 0 Å². The standard InChI is InChI=1S/C9H14N2O/c1-6(2)9-8(7(3)12)5-10-11(9)4/h5-6H,1-4H3. The van der Waals surface area contributed by atoms with Crippen LogP contribution in [0.4, 0.5) is 0 Å². The molecular weight excluding hydrogens is 152 g/mol. The lowest BCUT2D eigenvalue weighted by atomic mass is 10.0. The number of hydrogen-bond donors (Lipinski definition) is 0. The maximum atomic E-state index is 11.1. The Morgan fingerprint density at radius 3 is 2.50 bits per heavy atom. The Labute approximate surface area is 72.4 Å². The number of aryl methyl sites for hydroxylation is 1. The monoisotopic (exact) mass is 166 g/mol. The fraction of sp³-hybridized carbons (Fsp3) is 0.556. The van der Waals surface area contributed by atoms with Gasteiger partial charge in [-0.25, -0.2) is 0 Å². The van der Waals surface area contributed by atoms with Gasteiger partial charge in [0.1, 0.15) is 0 Å². The van der Waals surface area contributed by atoms with Crippen LogP contribution in [0.25, 0.3) is 0 Å². The quantitative estimate of drug-likeness (QED) is 0.627. The molecule has 0 aliphatic heterocycles. The van der Waals surface area contributed by atoms with Gasteiger partial charge in [-0.2, -0.15) is 5.10 Å². The Morgan fingerprint density at radius 2 is 2.17 bits per heavy atom. The highest BCUT2D eigenvalue weighted by Crippen LogP contribution is 2.18. The Balaban J connectivity index is 3.21. The van der Waals surface area contributed by atoms with Crippen LogP contribution in [0.1, 0.15) is 42.7 Å². The predicted molar refractivity (Wildman–Crippen MR) is 47.3 cm³/mol. The van der Waals surface area contributed by atoms with Gasteiger partial charge in [0, 0.05) is 7.05 Å². The van der Waals surface area contributed by atoms with E-state index in [0.717, 1.165) is 11.3 Å². The highest BCUT2D eigenvalue weighted by Gasteiger charge is 2.14. The Bertz CT molecular complexity index is 299. The van der Waals surface area contributed by atoms with Crippen LogP contribution in [0, 0.1) is 0 Å². The fourth-order valence-electron chi connectivity index (χ4n) is 1.40. The smallest absolute Gasteiger partial charge is 0.163 e. The first-order valence-corrected chi connectivity index (χ1v) is 4.07. The molecule has 0 aliphatic carbocycles. The summed E-state index contributed by atoms with van der Waals surface area (Å²) in [6.45, 7) is 5.69. The fourth-order valence-corrected chi connectivity index (χ4v) is 1.40. The SMILES string of the molecule is CC(=O)c1cnn(C)c1C(C)C. The molecule has 0 amide bonds. The molecule has 12 heavy (non-hydrogen) atoms. The summed E-state index contributed by atoms with van der Waals surface area (Å²) in [6.07, 6.45) is 1.64. The number of rotatable bonds is 2. The van der Waals surface area contributed by atoms with Gasteiger partial charge in [0.2, 0.25) is 0 Å². The third-order valence-electron chi connectivity index (χ3n) is 1.91. The third kappa shape index (κ3) is 1.40. The summed E-state index contributed by atoms with van der Waals surface area (Å²) in [4.78, 5) is 11.1. The van der Waals surface area contributed by atoms with Gasteiger partial charge >= 0.3 is 0 Å². The van der Waals surface area contributed by atoms with E-state index in [1.165, 1.54) is 0 Å². The molecule has 0 fully saturated rings. The minimum atomic E-state index is 0.0896. The van der Waals surface area contributed by atoms with Crippen molar-refractivity contribution in [1.29, 1.82) is 0 Å².